The van der Waals surface area contributed by atoms with Gasteiger partial charge in [0.2, 0.25) is 5.91 Å². The molecule has 0 aromatic carbocycles. The van der Waals surface area contributed by atoms with Crippen molar-refractivity contribution >= 4 is 17.2 Å². The second-order valence-corrected chi connectivity index (χ2v) is 4.73. The lowest BCUT2D eigenvalue weighted by molar-refractivity contribution is -0.133. The first-order valence-electron chi connectivity index (χ1n) is 5.28. The lowest BCUT2D eigenvalue weighted by atomic mass is 10.1. The van der Waals surface area contributed by atoms with Crippen LogP contribution in [0.3, 0.4) is 0 Å². The molecule has 0 radical (unpaired) electrons. The van der Waals surface area contributed by atoms with Gasteiger partial charge in [0, 0.05) is 25.7 Å². The number of nitrogens with zero attached hydrogens (tertiary/aromatic N) is 1. The summed E-state index contributed by atoms with van der Waals surface area (Å²) in [5.41, 5.74) is 1.13. The Bertz CT molecular complexity index is 323. The third kappa shape index (κ3) is 2.58. The molecule has 1 aliphatic rings. The average molecular weight is 224 g/mol. The lowest BCUT2D eigenvalue weighted by Gasteiger charge is -2.34. The molecule has 2 heterocycles. The van der Waals surface area contributed by atoms with Crippen LogP contribution in [0.2, 0.25) is 0 Å². The van der Waals surface area contributed by atoms with E-state index < -0.39 is 0 Å². The molecular formula is C11H16N2OS. The molecule has 0 saturated carbocycles. The van der Waals surface area contributed by atoms with Crippen molar-refractivity contribution in [2.45, 2.75) is 19.4 Å². The molecule has 1 fully saturated rings. The van der Waals surface area contributed by atoms with Crippen LogP contribution in [0.25, 0.3) is 0 Å². The monoisotopic (exact) mass is 224 g/mol. The second kappa shape index (κ2) is 4.77. The third-order valence-electron chi connectivity index (χ3n) is 2.76. The summed E-state index contributed by atoms with van der Waals surface area (Å²) in [6, 6.07) is 2.35. The van der Waals surface area contributed by atoms with Crippen LogP contribution in [0.1, 0.15) is 12.5 Å². The van der Waals surface area contributed by atoms with Gasteiger partial charge >= 0.3 is 0 Å². The number of carbonyl (C=O) groups excluding carboxylic acids is 1. The predicted octanol–water partition coefficient (Wildman–Crippen LogP) is 1.11. The largest absolute Gasteiger partial charge is 0.337 e. The van der Waals surface area contributed by atoms with E-state index in [1.165, 1.54) is 0 Å². The van der Waals surface area contributed by atoms with Crippen LogP contribution in [0.15, 0.2) is 16.8 Å². The van der Waals surface area contributed by atoms with E-state index in [0.29, 0.717) is 12.5 Å². The molecule has 0 unspecified atom stereocenters. The summed E-state index contributed by atoms with van der Waals surface area (Å²) in [7, 11) is 0. The Kier molecular flexibility index (Phi) is 3.38. The van der Waals surface area contributed by atoms with E-state index >= 15 is 0 Å². The molecule has 0 aliphatic carbocycles. The molecule has 4 heteroatoms. The molecule has 1 aromatic rings. The minimum Gasteiger partial charge on any atom is -0.337 e. The van der Waals surface area contributed by atoms with Crippen LogP contribution < -0.4 is 5.32 Å². The number of piperazine rings is 1. The number of carbonyl (C=O) groups is 1. The maximum atomic E-state index is 12.0. The van der Waals surface area contributed by atoms with Gasteiger partial charge in [0.15, 0.2) is 0 Å². The second-order valence-electron chi connectivity index (χ2n) is 3.95. The summed E-state index contributed by atoms with van der Waals surface area (Å²) in [5.74, 6) is 0.252. The van der Waals surface area contributed by atoms with Gasteiger partial charge in [0.1, 0.15) is 0 Å². The molecule has 0 bridgehead atoms. The molecule has 1 N–H and O–H groups in total. The summed E-state index contributed by atoms with van der Waals surface area (Å²) >= 11 is 1.65. The van der Waals surface area contributed by atoms with Crippen molar-refractivity contribution in [1.82, 2.24) is 10.2 Å². The van der Waals surface area contributed by atoms with Gasteiger partial charge in [-0.3, -0.25) is 4.79 Å². The molecule has 0 spiro atoms. The zero-order valence-corrected chi connectivity index (χ0v) is 9.72. The van der Waals surface area contributed by atoms with E-state index in [2.05, 4.69) is 12.2 Å². The minimum atomic E-state index is 0.252. The molecule has 1 aliphatic heterocycles. The summed E-state index contributed by atoms with van der Waals surface area (Å²) in [6.45, 7) is 4.76. The molecule has 1 aromatic heterocycles. The van der Waals surface area contributed by atoms with Gasteiger partial charge in [-0.15, -0.1) is 0 Å². The lowest BCUT2D eigenvalue weighted by Crippen LogP contribution is -2.52. The van der Waals surface area contributed by atoms with Gasteiger partial charge in [-0.2, -0.15) is 11.3 Å². The Labute approximate surface area is 94.1 Å². The van der Waals surface area contributed by atoms with Crippen LogP contribution in [0.4, 0.5) is 0 Å². The van der Waals surface area contributed by atoms with Crippen molar-refractivity contribution in [2.75, 3.05) is 19.6 Å². The smallest absolute Gasteiger partial charge is 0.227 e. The van der Waals surface area contributed by atoms with Crippen LogP contribution in [0, 0.1) is 0 Å². The van der Waals surface area contributed by atoms with Crippen LogP contribution in [-0.2, 0) is 11.2 Å². The quantitative estimate of drug-likeness (QED) is 0.816. The highest BCUT2D eigenvalue weighted by atomic mass is 32.1. The van der Waals surface area contributed by atoms with Gasteiger partial charge in [-0.05, 0) is 29.3 Å². The number of hydrogen-bond acceptors (Lipinski definition) is 3. The molecule has 15 heavy (non-hydrogen) atoms. The Morgan fingerprint density at radius 2 is 2.60 bits per heavy atom. The fraction of sp³-hybridized carbons (Fsp3) is 0.545. The van der Waals surface area contributed by atoms with Gasteiger partial charge in [0.05, 0.1) is 6.42 Å². The van der Waals surface area contributed by atoms with Crippen molar-refractivity contribution in [3.05, 3.63) is 22.4 Å². The van der Waals surface area contributed by atoms with Crippen molar-refractivity contribution < 1.29 is 4.79 Å². The third-order valence-corrected chi connectivity index (χ3v) is 3.49. The normalized spacial score (nSPS) is 21.7. The van der Waals surface area contributed by atoms with Crippen molar-refractivity contribution in [3.8, 4) is 0 Å². The summed E-state index contributed by atoms with van der Waals surface area (Å²) in [6.07, 6.45) is 0.549. The first-order chi connectivity index (χ1) is 7.27. The van der Waals surface area contributed by atoms with Crippen molar-refractivity contribution in [2.24, 2.45) is 0 Å². The number of nitrogens with one attached hydrogen (secondary N) is 1. The Morgan fingerprint density at radius 3 is 3.27 bits per heavy atom. The van der Waals surface area contributed by atoms with Crippen LogP contribution >= 0.6 is 11.3 Å². The summed E-state index contributed by atoms with van der Waals surface area (Å²) < 4.78 is 0. The fourth-order valence-electron chi connectivity index (χ4n) is 1.88. The highest BCUT2D eigenvalue weighted by molar-refractivity contribution is 7.07. The molecule has 1 atom stereocenters. The van der Waals surface area contributed by atoms with Gasteiger partial charge < -0.3 is 10.2 Å². The average Bonchev–Trinajstić information content (AvgIpc) is 2.71. The number of hydrogen-bond donors (Lipinski definition) is 1. The maximum absolute atomic E-state index is 12.0. The first kappa shape index (κ1) is 10.6. The Morgan fingerprint density at radius 1 is 1.73 bits per heavy atom. The Hall–Kier alpha value is -0.870. The van der Waals surface area contributed by atoms with Crippen LogP contribution in [-0.4, -0.2) is 36.5 Å². The standard InChI is InChI=1S/C11H16N2OS/c1-9-7-12-3-4-13(9)11(14)6-10-2-5-15-8-10/h2,5,8-9,12H,3-4,6-7H2,1H3/t9-/m1/s1. The number of amides is 1. The molecule has 3 nitrogen and oxygen atoms in total. The Balaban J connectivity index is 1.95. The van der Waals surface area contributed by atoms with E-state index in [0.717, 1.165) is 25.2 Å². The van der Waals surface area contributed by atoms with E-state index in [1.54, 1.807) is 11.3 Å². The highest BCUT2D eigenvalue weighted by Gasteiger charge is 2.22. The molecule has 1 saturated heterocycles. The van der Waals surface area contributed by atoms with E-state index in [9.17, 15) is 4.79 Å². The van der Waals surface area contributed by atoms with E-state index in [-0.39, 0.29) is 5.91 Å². The van der Waals surface area contributed by atoms with Gasteiger partial charge in [0.25, 0.3) is 0 Å². The van der Waals surface area contributed by atoms with Crippen molar-refractivity contribution in [1.29, 1.82) is 0 Å². The summed E-state index contributed by atoms with van der Waals surface area (Å²) in [4.78, 5) is 14.0. The van der Waals surface area contributed by atoms with E-state index in [4.69, 9.17) is 0 Å². The zero-order valence-electron chi connectivity index (χ0n) is 8.90. The number of thiophene rings is 1. The maximum Gasteiger partial charge on any atom is 0.227 e. The molecule has 82 valence electrons. The molecule has 2 rings (SSSR count). The van der Waals surface area contributed by atoms with Crippen molar-refractivity contribution in [3.63, 3.8) is 0 Å². The predicted molar refractivity (Wildman–Crippen MR) is 62.1 cm³/mol. The number of rotatable bonds is 2. The SMILES string of the molecule is C[C@@H]1CNCCN1C(=O)Cc1ccsc1. The van der Waals surface area contributed by atoms with Gasteiger partial charge in [-0.25, -0.2) is 0 Å². The highest BCUT2D eigenvalue weighted by Crippen LogP contribution is 2.10. The molecular weight excluding hydrogens is 208 g/mol. The van der Waals surface area contributed by atoms with Crippen LogP contribution in [0.5, 0.6) is 0 Å². The van der Waals surface area contributed by atoms with E-state index in [1.807, 2.05) is 21.7 Å². The minimum absolute atomic E-state index is 0.252. The first-order valence-corrected chi connectivity index (χ1v) is 6.23. The van der Waals surface area contributed by atoms with Gasteiger partial charge in [-0.1, -0.05) is 0 Å². The zero-order chi connectivity index (χ0) is 10.7. The molecule has 1 amide bonds. The fourth-order valence-corrected chi connectivity index (χ4v) is 2.55. The topological polar surface area (TPSA) is 32.3 Å². The summed E-state index contributed by atoms with van der Waals surface area (Å²) in [5, 5.41) is 7.35.